The fourth-order valence-electron chi connectivity index (χ4n) is 3.04. The van der Waals surface area contributed by atoms with Gasteiger partial charge in [-0.05, 0) is 44.5 Å². The summed E-state index contributed by atoms with van der Waals surface area (Å²) >= 11 is 5.94. The monoisotopic (exact) mass is 379 g/mol. The summed E-state index contributed by atoms with van der Waals surface area (Å²) in [6.07, 6.45) is 1.40. The molecule has 2 heterocycles. The number of aryl methyl sites for hydroxylation is 1. The van der Waals surface area contributed by atoms with Crippen molar-refractivity contribution in [3.8, 4) is 5.75 Å². The van der Waals surface area contributed by atoms with Crippen molar-refractivity contribution in [2.45, 2.75) is 25.4 Å². The molecule has 0 bridgehead atoms. The first kappa shape index (κ1) is 18.7. The maximum atomic E-state index is 12.2. The molecular weight excluding hydrogens is 358 g/mol. The van der Waals surface area contributed by atoms with Gasteiger partial charge in [-0.15, -0.1) is 0 Å². The Hall–Kier alpha value is -2.09. The molecule has 1 fully saturated rings. The summed E-state index contributed by atoms with van der Waals surface area (Å²) in [5, 5.41) is 17.8. The van der Waals surface area contributed by atoms with E-state index in [9.17, 15) is 9.90 Å². The van der Waals surface area contributed by atoms with Crippen molar-refractivity contribution in [2.75, 3.05) is 31.6 Å². The van der Waals surface area contributed by atoms with E-state index < -0.39 is 5.60 Å². The predicted molar refractivity (Wildman–Crippen MR) is 97.4 cm³/mol. The molecule has 2 N–H and O–H groups in total. The Balaban J connectivity index is 1.51. The van der Waals surface area contributed by atoms with Gasteiger partial charge in [-0.2, -0.15) is 0 Å². The van der Waals surface area contributed by atoms with Gasteiger partial charge in [0.15, 0.2) is 5.82 Å². The van der Waals surface area contributed by atoms with Crippen LogP contribution in [0, 0.1) is 6.92 Å². The van der Waals surface area contributed by atoms with Gasteiger partial charge in [0.2, 0.25) is 5.91 Å². The Labute approximate surface area is 156 Å². The first-order valence-electron chi connectivity index (χ1n) is 8.48. The number of aliphatic hydroxyl groups is 1. The van der Waals surface area contributed by atoms with Crippen molar-refractivity contribution in [3.05, 3.63) is 41.1 Å². The Morgan fingerprint density at radius 2 is 2.35 bits per heavy atom. The number of hydrogen-bond acceptors (Lipinski definition) is 6. The number of carbonyl (C=O) groups excluding carboxylic acids is 1. The van der Waals surface area contributed by atoms with Crippen LogP contribution >= 0.6 is 11.6 Å². The molecule has 0 spiro atoms. The summed E-state index contributed by atoms with van der Waals surface area (Å²) in [6.45, 7) is 3.18. The van der Waals surface area contributed by atoms with Crippen LogP contribution in [0.4, 0.5) is 5.82 Å². The molecule has 1 unspecified atom stereocenters. The van der Waals surface area contributed by atoms with Crippen molar-refractivity contribution in [1.82, 2.24) is 10.1 Å². The molecule has 0 radical (unpaired) electrons. The SMILES string of the molecule is Cc1cc(NC(=O)CN2CCCC(O)(COc3cccc(Cl)c3)C2)no1. The summed E-state index contributed by atoms with van der Waals surface area (Å²) in [7, 11) is 0. The molecule has 26 heavy (non-hydrogen) atoms. The van der Waals surface area contributed by atoms with E-state index in [0.717, 1.165) is 13.0 Å². The van der Waals surface area contributed by atoms with Crippen molar-refractivity contribution in [2.24, 2.45) is 0 Å². The number of rotatable bonds is 6. The summed E-state index contributed by atoms with van der Waals surface area (Å²) < 4.78 is 10.6. The molecule has 7 nitrogen and oxygen atoms in total. The highest BCUT2D eigenvalue weighted by atomic mass is 35.5. The summed E-state index contributed by atoms with van der Waals surface area (Å²) in [5.74, 6) is 1.44. The number of nitrogens with one attached hydrogen (secondary N) is 1. The first-order valence-corrected chi connectivity index (χ1v) is 8.86. The van der Waals surface area contributed by atoms with E-state index >= 15 is 0 Å². The molecule has 140 valence electrons. The van der Waals surface area contributed by atoms with Gasteiger partial charge in [-0.3, -0.25) is 9.69 Å². The quantitative estimate of drug-likeness (QED) is 0.801. The molecule has 3 rings (SSSR count). The number of amides is 1. The lowest BCUT2D eigenvalue weighted by molar-refractivity contribution is -0.119. The number of piperidine rings is 1. The number of hydrogen-bond donors (Lipinski definition) is 2. The average Bonchev–Trinajstić information content (AvgIpc) is 2.98. The number of carbonyl (C=O) groups is 1. The number of ether oxygens (including phenoxy) is 1. The maximum Gasteiger partial charge on any atom is 0.239 e. The van der Waals surface area contributed by atoms with E-state index in [1.807, 2.05) is 4.90 Å². The number of β-amino-alcohol motifs (C(OH)–C–C–N with tert-alkyl or cyclic N) is 1. The Morgan fingerprint density at radius 3 is 3.08 bits per heavy atom. The third-order valence-electron chi connectivity index (χ3n) is 4.20. The van der Waals surface area contributed by atoms with Crippen LogP contribution in [0.25, 0.3) is 0 Å². The number of likely N-dealkylation sites (tertiary alicyclic amines) is 1. The molecule has 1 amide bonds. The second-order valence-electron chi connectivity index (χ2n) is 6.66. The Morgan fingerprint density at radius 1 is 1.50 bits per heavy atom. The lowest BCUT2D eigenvalue weighted by Crippen LogP contribution is -2.53. The van der Waals surface area contributed by atoms with Crippen LogP contribution in [0.15, 0.2) is 34.9 Å². The molecule has 1 aromatic carbocycles. The van der Waals surface area contributed by atoms with Gasteiger partial charge in [0, 0.05) is 17.6 Å². The van der Waals surface area contributed by atoms with E-state index in [1.54, 1.807) is 37.3 Å². The summed E-state index contributed by atoms with van der Waals surface area (Å²) in [4.78, 5) is 14.1. The molecule has 0 aliphatic carbocycles. The highest BCUT2D eigenvalue weighted by molar-refractivity contribution is 6.30. The lowest BCUT2D eigenvalue weighted by atomic mass is 9.93. The van der Waals surface area contributed by atoms with Gasteiger partial charge in [-0.1, -0.05) is 22.8 Å². The van der Waals surface area contributed by atoms with Crippen LogP contribution < -0.4 is 10.1 Å². The van der Waals surface area contributed by atoms with Crippen molar-refractivity contribution in [1.29, 1.82) is 0 Å². The minimum Gasteiger partial charge on any atom is -0.490 e. The molecule has 1 atom stereocenters. The van der Waals surface area contributed by atoms with Crippen molar-refractivity contribution < 1.29 is 19.2 Å². The molecule has 2 aromatic rings. The fraction of sp³-hybridized carbons (Fsp3) is 0.444. The van der Waals surface area contributed by atoms with E-state index in [1.165, 1.54) is 0 Å². The summed E-state index contributed by atoms with van der Waals surface area (Å²) in [6, 6.07) is 8.72. The highest BCUT2D eigenvalue weighted by Crippen LogP contribution is 2.24. The van der Waals surface area contributed by atoms with Crippen molar-refractivity contribution >= 4 is 23.3 Å². The molecular formula is C18H22ClN3O4. The fourth-order valence-corrected chi connectivity index (χ4v) is 3.22. The number of aromatic nitrogens is 1. The standard InChI is InChI=1S/C18H22ClN3O4/c1-13-8-16(21-26-13)20-17(23)10-22-7-3-6-18(24,11-22)12-25-15-5-2-4-14(19)9-15/h2,4-5,8-9,24H,3,6-7,10-12H2,1H3,(H,20,21,23). The van der Waals surface area contributed by atoms with Crippen LogP contribution in [0.5, 0.6) is 5.75 Å². The van der Waals surface area contributed by atoms with Gasteiger partial charge < -0.3 is 19.7 Å². The van der Waals surface area contributed by atoms with Gasteiger partial charge in [0.05, 0.1) is 6.54 Å². The molecule has 0 saturated carbocycles. The molecule has 8 heteroatoms. The largest absolute Gasteiger partial charge is 0.490 e. The molecule has 1 aromatic heterocycles. The Kier molecular flexibility index (Phi) is 5.80. The third kappa shape index (κ3) is 5.20. The van der Waals surface area contributed by atoms with Crippen LogP contribution in [-0.4, -0.2) is 52.9 Å². The number of anilines is 1. The Bertz CT molecular complexity index is 766. The third-order valence-corrected chi connectivity index (χ3v) is 4.44. The topological polar surface area (TPSA) is 87.8 Å². The zero-order valence-corrected chi connectivity index (χ0v) is 15.3. The maximum absolute atomic E-state index is 12.2. The van der Waals surface area contributed by atoms with Gasteiger partial charge >= 0.3 is 0 Å². The van der Waals surface area contributed by atoms with Crippen LogP contribution in [0.3, 0.4) is 0 Å². The second kappa shape index (κ2) is 8.07. The molecule has 1 aliphatic rings. The van der Waals surface area contributed by atoms with Crippen LogP contribution in [0.2, 0.25) is 5.02 Å². The van der Waals surface area contributed by atoms with E-state index in [2.05, 4.69) is 10.5 Å². The summed E-state index contributed by atoms with van der Waals surface area (Å²) in [5.41, 5.74) is -1.01. The normalized spacial score (nSPS) is 20.7. The van der Waals surface area contributed by atoms with E-state index in [-0.39, 0.29) is 19.1 Å². The van der Waals surface area contributed by atoms with Crippen LogP contribution in [0.1, 0.15) is 18.6 Å². The van der Waals surface area contributed by atoms with Gasteiger partial charge in [-0.25, -0.2) is 0 Å². The number of benzene rings is 1. The second-order valence-corrected chi connectivity index (χ2v) is 7.09. The molecule has 1 saturated heterocycles. The highest BCUT2D eigenvalue weighted by Gasteiger charge is 2.34. The lowest BCUT2D eigenvalue weighted by Gasteiger charge is -2.38. The van der Waals surface area contributed by atoms with Gasteiger partial charge in [0.1, 0.15) is 23.7 Å². The van der Waals surface area contributed by atoms with E-state index in [4.69, 9.17) is 20.9 Å². The van der Waals surface area contributed by atoms with Crippen LogP contribution in [-0.2, 0) is 4.79 Å². The zero-order chi connectivity index (χ0) is 18.6. The smallest absolute Gasteiger partial charge is 0.239 e. The van der Waals surface area contributed by atoms with Gasteiger partial charge in [0.25, 0.3) is 0 Å². The minimum absolute atomic E-state index is 0.147. The van der Waals surface area contributed by atoms with Crippen molar-refractivity contribution in [3.63, 3.8) is 0 Å². The minimum atomic E-state index is -1.01. The first-order chi connectivity index (χ1) is 12.4. The molecule has 1 aliphatic heterocycles. The zero-order valence-electron chi connectivity index (χ0n) is 14.6. The van der Waals surface area contributed by atoms with E-state index in [0.29, 0.717) is 35.3 Å². The number of halogens is 1. The predicted octanol–water partition coefficient (Wildman–Crippen LogP) is 2.48. The number of nitrogens with zero attached hydrogens (tertiary/aromatic N) is 2. The average molecular weight is 380 g/mol.